The van der Waals surface area contributed by atoms with Crippen LogP contribution in [0.2, 0.25) is 0 Å². The molecule has 2 nitrogen and oxygen atoms in total. The Morgan fingerprint density at radius 3 is 1.57 bits per heavy atom. The van der Waals surface area contributed by atoms with E-state index in [-0.39, 0.29) is 0 Å². The largest absolute Gasteiger partial charge is 0.228 e. The predicted molar refractivity (Wildman–Crippen MR) is 200 cm³/mol. The lowest BCUT2D eigenvalue weighted by atomic mass is 9.98. The first kappa shape index (κ1) is 27.4. The van der Waals surface area contributed by atoms with Gasteiger partial charge in [-0.05, 0) is 45.5 Å². The summed E-state index contributed by atoms with van der Waals surface area (Å²) in [5, 5.41) is 3.63. The molecular weight excluding hydrogens is 589 g/mol. The van der Waals surface area contributed by atoms with Crippen molar-refractivity contribution in [1.29, 1.82) is 0 Å². The number of thiophene rings is 1. The van der Waals surface area contributed by atoms with Gasteiger partial charge in [0, 0.05) is 36.7 Å². The fourth-order valence-electron chi connectivity index (χ4n) is 6.60. The maximum Gasteiger partial charge on any atom is 0.160 e. The van der Waals surface area contributed by atoms with Crippen molar-refractivity contribution in [3.8, 4) is 56.0 Å². The van der Waals surface area contributed by atoms with Crippen molar-refractivity contribution in [1.82, 2.24) is 9.97 Å². The Morgan fingerprint density at radius 2 is 0.851 bits per heavy atom. The normalized spacial score (nSPS) is 11.4. The van der Waals surface area contributed by atoms with E-state index >= 15 is 0 Å². The van der Waals surface area contributed by atoms with Gasteiger partial charge in [-0.15, -0.1) is 11.3 Å². The Labute approximate surface area is 277 Å². The third kappa shape index (κ3) is 4.89. The first-order valence-electron chi connectivity index (χ1n) is 15.8. The van der Waals surface area contributed by atoms with Crippen molar-refractivity contribution in [2.75, 3.05) is 0 Å². The number of rotatable bonds is 5. The van der Waals surface area contributed by atoms with Crippen molar-refractivity contribution >= 4 is 42.4 Å². The average Bonchev–Trinajstić information content (AvgIpc) is 3.54. The number of aromatic nitrogens is 2. The van der Waals surface area contributed by atoms with Crippen LogP contribution in [0, 0.1) is 0 Å². The second-order valence-corrected chi connectivity index (χ2v) is 12.8. The number of hydrogen-bond acceptors (Lipinski definition) is 3. The molecule has 9 aromatic rings. The number of nitrogens with zero attached hydrogens (tertiary/aromatic N) is 2. The molecule has 0 aliphatic carbocycles. The van der Waals surface area contributed by atoms with Gasteiger partial charge in [-0.2, -0.15) is 0 Å². The fourth-order valence-corrected chi connectivity index (χ4v) is 7.97. The minimum atomic E-state index is 0.731. The van der Waals surface area contributed by atoms with Crippen molar-refractivity contribution in [3.05, 3.63) is 170 Å². The molecule has 3 heteroatoms. The molecular formula is C44H28N2S. The van der Waals surface area contributed by atoms with Crippen LogP contribution in [-0.2, 0) is 0 Å². The van der Waals surface area contributed by atoms with Crippen LogP contribution in [0.4, 0.5) is 0 Å². The first-order valence-corrected chi connectivity index (χ1v) is 16.6. The van der Waals surface area contributed by atoms with E-state index in [0.717, 1.165) is 39.1 Å². The van der Waals surface area contributed by atoms with Gasteiger partial charge in [0.05, 0.1) is 11.2 Å². The smallest absolute Gasteiger partial charge is 0.160 e. The van der Waals surface area contributed by atoms with Gasteiger partial charge >= 0.3 is 0 Å². The molecule has 220 valence electrons. The summed E-state index contributed by atoms with van der Waals surface area (Å²) in [6.07, 6.45) is 0. The number of para-hydroxylation sites is 1. The van der Waals surface area contributed by atoms with Gasteiger partial charge in [-0.3, -0.25) is 0 Å². The Kier molecular flexibility index (Phi) is 6.69. The molecule has 0 unspecified atom stereocenters. The van der Waals surface area contributed by atoms with E-state index in [1.807, 2.05) is 23.5 Å². The summed E-state index contributed by atoms with van der Waals surface area (Å²) < 4.78 is 2.60. The monoisotopic (exact) mass is 616 g/mol. The van der Waals surface area contributed by atoms with Crippen LogP contribution in [0.15, 0.2) is 170 Å². The Hall–Kier alpha value is -5.90. The molecule has 47 heavy (non-hydrogen) atoms. The molecule has 2 aromatic heterocycles. The fraction of sp³-hybridized carbons (Fsp3) is 0. The summed E-state index contributed by atoms with van der Waals surface area (Å²) in [4.78, 5) is 10.2. The van der Waals surface area contributed by atoms with E-state index in [4.69, 9.17) is 9.97 Å². The highest BCUT2D eigenvalue weighted by molar-refractivity contribution is 7.26. The third-order valence-electron chi connectivity index (χ3n) is 8.91. The molecule has 0 spiro atoms. The van der Waals surface area contributed by atoms with E-state index in [2.05, 4.69) is 158 Å². The zero-order valence-electron chi connectivity index (χ0n) is 25.5. The van der Waals surface area contributed by atoms with Gasteiger partial charge in [0.1, 0.15) is 0 Å². The third-order valence-corrected chi connectivity index (χ3v) is 10.2. The van der Waals surface area contributed by atoms with E-state index in [1.54, 1.807) is 0 Å². The molecule has 2 heterocycles. The molecule has 0 aliphatic heterocycles. The van der Waals surface area contributed by atoms with Crippen LogP contribution in [0.1, 0.15) is 0 Å². The van der Waals surface area contributed by atoms with Crippen LogP contribution in [0.5, 0.6) is 0 Å². The maximum absolute atomic E-state index is 5.14. The standard InChI is InChI=1S/C44H28N2S/c1-3-12-29(13-4-1)30-24-26-31(27-25-30)35-19-10-21-37-38-22-11-20-36(43(38)47-42(35)37)33-16-9-17-34(28-33)44-45-40-23-8-7-18-39(40)41(46-44)32-14-5-2-6-15-32/h1-28H. The van der Waals surface area contributed by atoms with Crippen molar-refractivity contribution in [2.45, 2.75) is 0 Å². The van der Waals surface area contributed by atoms with E-state index < -0.39 is 0 Å². The average molecular weight is 617 g/mol. The maximum atomic E-state index is 5.14. The number of benzene rings is 7. The lowest BCUT2D eigenvalue weighted by molar-refractivity contribution is 1.23. The summed E-state index contributed by atoms with van der Waals surface area (Å²) in [5.74, 6) is 0.731. The zero-order valence-corrected chi connectivity index (χ0v) is 26.3. The summed E-state index contributed by atoms with van der Waals surface area (Å²) >= 11 is 1.88. The quantitative estimate of drug-likeness (QED) is 0.192. The van der Waals surface area contributed by atoms with Crippen LogP contribution >= 0.6 is 11.3 Å². The second-order valence-electron chi connectivity index (χ2n) is 11.8. The van der Waals surface area contributed by atoms with Gasteiger partial charge < -0.3 is 0 Å². The topological polar surface area (TPSA) is 25.8 Å². The van der Waals surface area contributed by atoms with Crippen molar-refractivity contribution in [2.24, 2.45) is 0 Å². The molecule has 9 rings (SSSR count). The summed E-state index contributed by atoms with van der Waals surface area (Å²) in [7, 11) is 0. The minimum absolute atomic E-state index is 0.731. The van der Waals surface area contributed by atoms with Crippen LogP contribution < -0.4 is 0 Å². The minimum Gasteiger partial charge on any atom is -0.228 e. The first-order chi connectivity index (χ1) is 23.3. The number of hydrogen-bond donors (Lipinski definition) is 0. The van der Waals surface area contributed by atoms with Crippen LogP contribution in [0.25, 0.3) is 87.1 Å². The number of fused-ring (bicyclic) bond motifs is 4. The molecule has 0 aliphatic rings. The van der Waals surface area contributed by atoms with Crippen molar-refractivity contribution in [3.63, 3.8) is 0 Å². The van der Waals surface area contributed by atoms with Gasteiger partial charge in [0.15, 0.2) is 5.82 Å². The van der Waals surface area contributed by atoms with Gasteiger partial charge in [-0.25, -0.2) is 9.97 Å². The van der Waals surface area contributed by atoms with Gasteiger partial charge in [0.2, 0.25) is 0 Å². The predicted octanol–water partition coefficient (Wildman–Crippen LogP) is 12.3. The van der Waals surface area contributed by atoms with E-state index in [1.165, 1.54) is 48.0 Å². The summed E-state index contributed by atoms with van der Waals surface area (Å²) in [5.41, 5.74) is 11.3. The Bertz CT molecular complexity index is 2550. The Morgan fingerprint density at radius 1 is 0.340 bits per heavy atom. The lowest BCUT2D eigenvalue weighted by Crippen LogP contribution is -1.95. The van der Waals surface area contributed by atoms with Crippen LogP contribution in [-0.4, -0.2) is 9.97 Å². The van der Waals surface area contributed by atoms with E-state index in [0.29, 0.717) is 0 Å². The highest BCUT2D eigenvalue weighted by Gasteiger charge is 2.16. The molecule has 0 N–H and O–H groups in total. The van der Waals surface area contributed by atoms with Crippen molar-refractivity contribution < 1.29 is 0 Å². The zero-order chi connectivity index (χ0) is 31.2. The molecule has 0 amide bonds. The highest BCUT2D eigenvalue weighted by atomic mass is 32.1. The summed E-state index contributed by atoms with van der Waals surface area (Å²) in [6.45, 7) is 0. The highest BCUT2D eigenvalue weighted by Crippen LogP contribution is 2.44. The molecule has 0 saturated heterocycles. The van der Waals surface area contributed by atoms with Gasteiger partial charge in [-0.1, -0.05) is 158 Å². The molecule has 0 saturated carbocycles. The molecule has 0 bridgehead atoms. The Balaban J connectivity index is 1.15. The van der Waals surface area contributed by atoms with Crippen LogP contribution in [0.3, 0.4) is 0 Å². The molecule has 7 aromatic carbocycles. The van der Waals surface area contributed by atoms with Gasteiger partial charge in [0.25, 0.3) is 0 Å². The van der Waals surface area contributed by atoms with E-state index in [9.17, 15) is 0 Å². The molecule has 0 atom stereocenters. The molecule has 0 radical (unpaired) electrons. The second kappa shape index (κ2) is 11.5. The molecule has 0 fully saturated rings. The summed E-state index contributed by atoms with van der Waals surface area (Å²) in [6, 6.07) is 60.2. The lowest BCUT2D eigenvalue weighted by Gasteiger charge is -2.11. The SMILES string of the molecule is c1ccc(-c2ccc(-c3cccc4c3sc3c(-c5cccc(-c6nc(-c7ccccc7)c7ccccc7n6)c5)cccc34)cc2)cc1.